The van der Waals surface area contributed by atoms with E-state index in [1.165, 1.54) is 12.4 Å². The zero-order valence-electron chi connectivity index (χ0n) is 16.5. The molecule has 3 aromatic heterocycles. The van der Waals surface area contributed by atoms with E-state index in [2.05, 4.69) is 48.0 Å². The summed E-state index contributed by atoms with van der Waals surface area (Å²) in [6.45, 7) is 0. The first kappa shape index (κ1) is 19.0. The van der Waals surface area contributed by atoms with E-state index in [-0.39, 0.29) is 23.4 Å². The van der Waals surface area contributed by atoms with Gasteiger partial charge in [0.2, 0.25) is 0 Å². The van der Waals surface area contributed by atoms with Crippen molar-refractivity contribution in [2.45, 2.75) is 50.1 Å². The van der Waals surface area contributed by atoms with Crippen molar-refractivity contribution < 1.29 is 8.78 Å². The van der Waals surface area contributed by atoms with Crippen LogP contribution in [0.5, 0.6) is 0 Å². The number of aromatic nitrogens is 5. The fourth-order valence-electron chi connectivity index (χ4n) is 5.39. The van der Waals surface area contributed by atoms with Crippen molar-refractivity contribution in [1.29, 1.82) is 0 Å². The monoisotopic (exact) mass is 484 g/mol. The number of halogens is 3. The Balaban J connectivity index is 1.49. The Hall–Kier alpha value is -2.68. The highest BCUT2D eigenvalue weighted by Gasteiger charge is 2.45. The summed E-state index contributed by atoms with van der Waals surface area (Å²) in [7, 11) is 0. The molecule has 0 saturated carbocycles. The SMILES string of the molecule is FC(F)c1cc(C2CCC3CCC2N3c2nccc3ccc(Br)cc23)n2ncnc2n1. The minimum atomic E-state index is -2.64. The second-order valence-corrected chi connectivity index (χ2v) is 9.18. The first-order valence-electron chi connectivity index (χ1n) is 10.4. The molecule has 3 unspecified atom stereocenters. The van der Waals surface area contributed by atoms with Gasteiger partial charge in [0, 0.05) is 34.1 Å². The Bertz CT molecular complexity index is 1290. The molecule has 5 heterocycles. The number of alkyl halides is 2. The van der Waals surface area contributed by atoms with Crippen molar-refractivity contribution >= 4 is 38.3 Å². The van der Waals surface area contributed by atoms with Crippen LogP contribution in [0.25, 0.3) is 16.6 Å². The number of hydrogen-bond donors (Lipinski definition) is 0. The topological polar surface area (TPSA) is 59.2 Å². The van der Waals surface area contributed by atoms with E-state index in [9.17, 15) is 8.78 Å². The van der Waals surface area contributed by atoms with Crippen molar-refractivity contribution in [2.75, 3.05) is 4.90 Å². The summed E-state index contributed by atoms with van der Waals surface area (Å²) in [5, 5.41) is 6.53. The third-order valence-electron chi connectivity index (χ3n) is 6.68. The van der Waals surface area contributed by atoms with E-state index in [0.717, 1.165) is 52.4 Å². The lowest BCUT2D eigenvalue weighted by molar-refractivity contribution is 0.146. The van der Waals surface area contributed by atoms with Crippen LogP contribution < -0.4 is 4.90 Å². The van der Waals surface area contributed by atoms with Crippen molar-refractivity contribution in [2.24, 2.45) is 0 Å². The summed E-state index contributed by atoms with van der Waals surface area (Å²) < 4.78 is 29.7. The zero-order chi connectivity index (χ0) is 21.1. The minimum absolute atomic E-state index is 0.0488. The Morgan fingerprint density at radius 1 is 1.03 bits per heavy atom. The van der Waals surface area contributed by atoms with Gasteiger partial charge in [0.25, 0.3) is 12.2 Å². The quantitative estimate of drug-likeness (QED) is 0.395. The normalized spacial score (nSPS) is 23.4. The van der Waals surface area contributed by atoms with Crippen molar-refractivity contribution in [3.63, 3.8) is 0 Å². The number of fused-ring (bicyclic) bond motifs is 4. The second-order valence-electron chi connectivity index (χ2n) is 8.27. The van der Waals surface area contributed by atoms with Crippen LogP contribution in [-0.2, 0) is 0 Å². The molecule has 158 valence electrons. The van der Waals surface area contributed by atoms with Crippen LogP contribution in [0.15, 0.2) is 47.3 Å². The molecule has 4 aromatic rings. The van der Waals surface area contributed by atoms with E-state index in [1.54, 1.807) is 4.52 Å². The molecule has 2 fully saturated rings. The smallest absolute Gasteiger partial charge is 0.280 e. The van der Waals surface area contributed by atoms with Gasteiger partial charge in [-0.3, -0.25) is 0 Å². The average molecular weight is 485 g/mol. The molecule has 9 heteroatoms. The van der Waals surface area contributed by atoms with Gasteiger partial charge in [0.1, 0.15) is 17.8 Å². The lowest BCUT2D eigenvalue weighted by Crippen LogP contribution is -2.45. The van der Waals surface area contributed by atoms with Crippen LogP contribution in [-0.4, -0.2) is 36.6 Å². The van der Waals surface area contributed by atoms with E-state index >= 15 is 0 Å². The van der Waals surface area contributed by atoms with Crippen LogP contribution in [0.3, 0.4) is 0 Å². The Kier molecular flexibility index (Phi) is 4.41. The largest absolute Gasteiger partial charge is 0.349 e. The number of benzene rings is 1. The highest BCUT2D eigenvalue weighted by atomic mass is 79.9. The molecule has 6 nitrogen and oxygen atoms in total. The maximum absolute atomic E-state index is 13.5. The maximum atomic E-state index is 13.5. The molecule has 0 aliphatic carbocycles. The molecule has 0 radical (unpaired) electrons. The van der Waals surface area contributed by atoms with Crippen LogP contribution >= 0.6 is 15.9 Å². The summed E-state index contributed by atoms with van der Waals surface area (Å²) in [6, 6.07) is 10.3. The fourth-order valence-corrected chi connectivity index (χ4v) is 5.75. The molecule has 0 amide bonds. The fraction of sp³-hybridized carbons (Fsp3) is 0.364. The predicted octanol–water partition coefficient (Wildman–Crippen LogP) is 5.29. The first-order valence-corrected chi connectivity index (χ1v) is 11.2. The Morgan fingerprint density at radius 3 is 2.77 bits per heavy atom. The van der Waals surface area contributed by atoms with E-state index < -0.39 is 6.43 Å². The maximum Gasteiger partial charge on any atom is 0.280 e. The Labute approximate surface area is 185 Å². The molecule has 3 atom stereocenters. The van der Waals surface area contributed by atoms with Gasteiger partial charge in [0.05, 0.1) is 5.69 Å². The molecule has 2 aliphatic rings. The molecule has 31 heavy (non-hydrogen) atoms. The zero-order valence-corrected chi connectivity index (χ0v) is 18.1. The third kappa shape index (κ3) is 3.01. The van der Waals surface area contributed by atoms with Crippen LogP contribution in [0, 0.1) is 0 Å². The van der Waals surface area contributed by atoms with Gasteiger partial charge in [-0.1, -0.05) is 22.0 Å². The summed E-state index contributed by atoms with van der Waals surface area (Å²) in [4.78, 5) is 15.3. The van der Waals surface area contributed by atoms with Gasteiger partial charge in [-0.15, -0.1) is 0 Å². The van der Waals surface area contributed by atoms with Crippen molar-refractivity contribution in [1.82, 2.24) is 24.6 Å². The Morgan fingerprint density at radius 2 is 1.90 bits per heavy atom. The lowest BCUT2D eigenvalue weighted by Gasteiger charge is -2.41. The number of piperidine rings is 1. The molecule has 0 spiro atoms. The van der Waals surface area contributed by atoms with Crippen molar-refractivity contribution in [3.8, 4) is 0 Å². The molecule has 6 rings (SSSR count). The molecule has 2 bridgehead atoms. The van der Waals surface area contributed by atoms with E-state index in [0.29, 0.717) is 6.04 Å². The van der Waals surface area contributed by atoms with Crippen LogP contribution in [0.2, 0.25) is 0 Å². The number of nitrogens with zero attached hydrogens (tertiary/aromatic N) is 6. The van der Waals surface area contributed by atoms with E-state index in [1.807, 2.05) is 18.3 Å². The van der Waals surface area contributed by atoms with Gasteiger partial charge in [-0.25, -0.2) is 23.3 Å². The molecule has 2 saturated heterocycles. The molecular weight excluding hydrogens is 466 g/mol. The number of pyridine rings is 1. The average Bonchev–Trinajstić information content (AvgIpc) is 3.35. The third-order valence-corrected chi connectivity index (χ3v) is 7.17. The van der Waals surface area contributed by atoms with Gasteiger partial charge in [-0.05, 0) is 55.3 Å². The lowest BCUT2D eigenvalue weighted by atomic mass is 9.86. The number of hydrogen-bond acceptors (Lipinski definition) is 5. The standard InChI is InChI=1S/C22H19BrF2N6/c23-13-2-1-12-7-8-26-21(16(12)9-13)30-14-3-5-15(18(30)6-4-14)19-10-17(20(24)25)29-22-27-11-28-31(19)22/h1-2,7-11,14-15,18,20H,3-6H2. The predicted molar refractivity (Wildman–Crippen MR) is 116 cm³/mol. The van der Waals surface area contributed by atoms with Gasteiger partial charge in [0.15, 0.2) is 0 Å². The van der Waals surface area contributed by atoms with Gasteiger partial charge < -0.3 is 4.90 Å². The van der Waals surface area contributed by atoms with E-state index in [4.69, 9.17) is 4.98 Å². The summed E-state index contributed by atoms with van der Waals surface area (Å²) in [6.07, 6.45) is 4.55. The summed E-state index contributed by atoms with van der Waals surface area (Å²) in [5.74, 6) is 1.24. The van der Waals surface area contributed by atoms with Crippen molar-refractivity contribution in [3.05, 3.63) is 58.7 Å². The number of anilines is 1. The van der Waals surface area contributed by atoms with Gasteiger partial charge in [-0.2, -0.15) is 10.1 Å². The summed E-state index contributed by atoms with van der Waals surface area (Å²) in [5.41, 5.74) is 0.518. The van der Waals surface area contributed by atoms with Crippen LogP contribution in [0.4, 0.5) is 14.6 Å². The summed E-state index contributed by atoms with van der Waals surface area (Å²) >= 11 is 3.59. The highest BCUT2D eigenvalue weighted by Crippen LogP contribution is 2.47. The molecule has 0 N–H and O–H groups in total. The number of rotatable bonds is 3. The minimum Gasteiger partial charge on any atom is -0.349 e. The molecule has 2 aliphatic heterocycles. The second kappa shape index (κ2) is 7.19. The van der Waals surface area contributed by atoms with Gasteiger partial charge >= 0.3 is 0 Å². The molecular formula is C22H19BrF2N6. The highest BCUT2D eigenvalue weighted by molar-refractivity contribution is 9.10. The van der Waals surface area contributed by atoms with Crippen LogP contribution in [0.1, 0.15) is 49.4 Å². The molecule has 1 aromatic carbocycles. The first-order chi connectivity index (χ1) is 15.1.